The highest BCUT2D eigenvalue weighted by atomic mass is 32.2. The van der Waals surface area contributed by atoms with Gasteiger partial charge in [-0.2, -0.15) is 4.31 Å². The lowest BCUT2D eigenvalue weighted by molar-refractivity contribution is 0.134. The van der Waals surface area contributed by atoms with E-state index in [9.17, 15) is 18.0 Å². The summed E-state index contributed by atoms with van der Waals surface area (Å²) in [6, 6.07) is 9.17. The fraction of sp³-hybridized carbons (Fsp3) is 0.400. The number of aromatic nitrogens is 1. The molecule has 162 valence electrons. The second-order valence-corrected chi connectivity index (χ2v) is 9.03. The molecule has 0 aliphatic carbocycles. The summed E-state index contributed by atoms with van der Waals surface area (Å²) in [4.78, 5) is 23.3. The third-order valence-electron chi connectivity index (χ3n) is 5.10. The maximum atomic E-state index is 12.9. The summed E-state index contributed by atoms with van der Waals surface area (Å²) < 4.78 is 39.2. The average Bonchev–Trinajstić information content (AvgIpc) is 2.72. The third-order valence-corrected chi connectivity index (χ3v) is 7.02. The highest BCUT2D eigenvalue weighted by Crippen LogP contribution is 2.24. The molecule has 3 rings (SSSR count). The Hall–Kier alpha value is -2.85. The number of carbonyl (C=O) groups is 1. The van der Waals surface area contributed by atoms with Gasteiger partial charge in [-0.3, -0.25) is 10.1 Å². The Bertz CT molecular complexity index is 1070. The molecule has 9 nitrogen and oxygen atoms in total. The molecule has 0 atom stereocenters. The van der Waals surface area contributed by atoms with Crippen LogP contribution >= 0.6 is 0 Å². The van der Waals surface area contributed by atoms with Crippen LogP contribution < -0.4 is 15.6 Å². The molecule has 2 heterocycles. The molecule has 30 heavy (non-hydrogen) atoms. The van der Waals surface area contributed by atoms with Gasteiger partial charge in [0.05, 0.1) is 12.0 Å². The first-order chi connectivity index (χ1) is 14.2. The lowest BCUT2D eigenvalue weighted by Gasteiger charge is -2.31. The normalized spacial score (nSPS) is 15.6. The van der Waals surface area contributed by atoms with Crippen LogP contribution in [0, 0.1) is 6.92 Å². The summed E-state index contributed by atoms with van der Waals surface area (Å²) in [5, 5.41) is 2.48. The van der Waals surface area contributed by atoms with Gasteiger partial charge in [-0.1, -0.05) is 0 Å². The first-order valence-electron chi connectivity index (χ1n) is 9.50. The molecule has 0 spiro atoms. The number of methoxy groups -OCH3 is 1. The second-order valence-electron chi connectivity index (χ2n) is 7.09. The van der Waals surface area contributed by atoms with E-state index >= 15 is 0 Å². The zero-order valence-electron chi connectivity index (χ0n) is 17.1. The zero-order chi connectivity index (χ0) is 21.9. The summed E-state index contributed by atoms with van der Waals surface area (Å²) in [6.07, 6.45) is 0.263. The Labute approximate surface area is 175 Å². The first-order valence-corrected chi connectivity index (χ1v) is 10.9. The van der Waals surface area contributed by atoms with Crippen LogP contribution in [0.5, 0.6) is 5.75 Å². The van der Waals surface area contributed by atoms with Crippen molar-refractivity contribution < 1.29 is 22.7 Å². The standard InChI is InChI=1S/C20H25N3O6S/c1-14-12-17(13-19(24)22(14)2)29-16-8-10-23(11-9-16)30(26,27)18-6-4-15(5-7-18)21-20(25)28-3/h4-7,12-13,16H,8-11H2,1-3H3,(H,21,25). The zero-order valence-corrected chi connectivity index (χ0v) is 17.9. The van der Waals surface area contributed by atoms with E-state index in [1.165, 1.54) is 46.3 Å². The van der Waals surface area contributed by atoms with Crippen molar-refractivity contribution in [2.75, 3.05) is 25.5 Å². The molecule has 1 saturated heterocycles. The van der Waals surface area contributed by atoms with Crippen molar-refractivity contribution in [1.29, 1.82) is 0 Å². The van der Waals surface area contributed by atoms with Crippen LogP contribution in [0.4, 0.5) is 10.5 Å². The van der Waals surface area contributed by atoms with Crippen molar-refractivity contribution >= 4 is 21.8 Å². The monoisotopic (exact) mass is 435 g/mol. The predicted octanol–water partition coefficient (Wildman–Crippen LogP) is 2.10. The Balaban J connectivity index is 1.62. The molecule has 1 amide bonds. The van der Waals surface area contributed by atoms with Crippen molar-refractivity contribution in [3.63, 3.8) is 0 Å². The van der Waals surface area contributed by atoms with E-state index in [1.807, 2.05) is 6.92 Å². The van der Waals surface area contributed by atoms with Gasteiger partial charge in [-0.25, -0.2) is 13.2 Å². The molecule has 1 aromatic carbocycles. The van der Waals surface area contributed by atoms with Gasteiger partial charge in [0.25, 0.3) is 5.56 Å². The van der Waals surface area contributed by atoms with Gasteiger partial charge in [-0.15, -0.1) is 0 Å². The van der Waals surface area contributed by atoms with Crippen LogP contribution in [-0.4, -0.2) is 49.7 Å². The Morgan fingerprint density at radius 1 is 1.13 bits per heavy atom. The molecular weight excluding hydrogens is 410 g/mol. The van der Waals surface area contributed by atoms with E-state index in [-0.39, 0.29) is 16.6 Å². The molecule has 10 heteroatoms. The molecule has 1 aromatic heterocycles. The van der Waals surface area contributed by atoms with Crippen LogP contribution in [0.2, 0.25) is 0 Å². The molecule has 0 unspecified atom stereocenters. The predicted molar refractivity (Wildman–Crippen MR) is 111 cm³/mol. The van der Waals surface area contributed by atoms with Crippen LogP contribution in [0.25, 0.3) is 0 Å². The van der Waals surface area contributed by atoms with Crippen LogP contribution in [0.3, 0.4) is 0 Å². The maximum Gasteiger partial charge on any atom is 0.411 e. The average molecular weight is 436 g/mol. The van der Waals surface area contributed by atoms with Crippen molar-refractivity contribution in [2.45, 2.75) is 30.8 Å². The highest BCUT2D eigenvalue weighted by Gasteiger charge is 2.30. The Morgan fingerprint density at radius 2 is 1.77 bits per heavy atom. The molecule has 1 aliphatic rings. The topological polar surface area (TPSA) is 107 Å². The smallest absolute Gasteiger partial charge is 0.411 e. The minimum Gasteiger partial charge on any atom is -0.490 e. The number of nitrogens with zero attached hydrogens (tertiary/aromatic N) is 2. The number of piperidine rings is 1. The first kappa shape index (κ1) is 21.8. The fourth-order valence-corrected chi connectivity index (χ4v) is 4.69. The number of pyridine rings is 1. The second kappa shape index (κ2) is 8.88. The number of ether oxygens (including phenoxy) is 2. The minimum atomic E-state index is -3.65. The summed E-state index contributed by atoms with van der Waals surface area (Å²) in [7, 11) is -0.700. The van der Waals surface area contributed by atoms with Gasteiger partial charge in [0.2, 0.25) is 10.0 Å². The maximum absolute atomic E-state index is 12.9. The van der Waals surface area contributed by atoms with E-state index < -0.39 is 16.1 Å². The van der Waals surface area contributed by atoms with Crippen LogP contribution in [0.15, 0.2) is 46.1 Å². The van der Waals surface area contributed by atoms with E-state index in [2.05, 4.69) is 10.1 Å². The van der Waals surface area contributed by atoms with Gasteiger partial charge in [0.1, 0.15) is 11.9 Å². The van der Waals surface area contributed by atoms with Crippen LogP contribution in [-0.2, 0) is 21.8 Å². The van der Waals surface area contributed by atoms with Gasteiger partial charge in [-0.05, 0) is 50.1 Å². The fourth-order valence-electron chi connectivity index (χ4n) is 3.22. The van der Waals surface area contributed by atoms with Crippen molar-refractivity contribution in [3.05, 3.63) is 52.4 Å². The number of carbonyl (C=O) groups excluding carboxylic acids is 1. The van der Waals surface area contributed by atoms with Crippen molar-refractivity contribution in [3.8, 4) is 5.75 Å². The summed E-state index contributed by atoms with van der Waals surface area (Å²) >= 11 is 0. The summed E-state index contributed by atoms with van der Waals surface area (Å²) in [5.74, 6) is 0.505. The number of rotatable bonds is 5. The number of nitrogens with one attached hydrogen (secondary N) is 1. The van der Waals surface area contributed by atoms with Crippen molar-refractivity contribution in [1.82, 2.24) is 8.87 Å². The van der Waals surface area contributed by atoms with E-state index in [1.54, 1.807) is 13.1 Å². The molecule has 0 radical (unpaired) electrons. The van der Waals surface area contributed by atoms with Gasteiger partial charge in [0, 0.05) is 37.6 Å². The third kappa shape index (κ3) is 4.82. The van der Waals surface area contributed by atoms with E-state index in [0.29, 0.717) is 37.4 Å². The number of benzene rings is 1. The van der Waals surface area contributed by atoms with E-state index in [4.69, 9.17) is 4.74 Å². The number of amides is 1. The highest BCUT2D eigenvalue weighted by molar-refractivity contribution is 7.89. The van der Waals surface area contributed by atoms with Crippen LogP contribution in [0.1, 0.15) is 18.5 Å². The summed E-state index contributed by atoms with van der Waals surface area (Å²) in [6.45, 7) is 2.47. The molecular formula is C20H25N3O6S. The van der Waals surface area contributed by atoms with Gasteiger partial charge >= 0.3 is 6.09 Å². The largest absolute Gasteiger partial charge is 0.490 e. The molecule has 2 aromatic rings. The molecule has 1 fully saturated rings. The molecule has 0 saturated carbocycles. The number of aryl methyl sites for hydroxylation is 1. The number of anilines is 1. The minimum absolute atomic E-state index is 0.143. The van der Waals surface area contributed by atoms with Gasteiger partial charge in [0.15, 0.2) is 0 Å². The Kier molecular flexibility index (Phi) is 6.47. The molecule has 0 bridgehead atoms. The molecule has 1 aliphatic heterocycles. The quantitative estimate of drug-likeness (QED) is 0.771. The number of hydrogen-bond acceptors (Lipinski definition) is 6. The SMILES string of the molecule is COC(=O)Nc1ccc(S(=O)(=O)N2CCC(Oc3cc(C)n(C)c(=O)c3)CC2)cc1. The number of hydrogen-bond donors (Lipinski definition) is 1. The van der Waals surface area contributed by atoms with E-state index in [0.717, 1.165) is 5.69 Å². The van der Waals surface area contributed by atoms with Crippen molar-refractivity contribution in [2.24, 2.45) is 7.05 Å². The van der Waals surface area contributed by atoms with Gasteiger partial charge < -0.3 is 14.0 Å². The Morgan fingerprint density at radius 3 is 2.33 bits per heavy atom. The lowest BCUT2D eigenvalue weighted by Crippen LogP contribution is -2.41. The molecule has 1 N–H and O–H groups in total. The number of sulfonamides is 1. The lowest BCUT2D eigenvalue weighted by atomic mass is 10.1. The summed E-state index contributed by atoms with van der Waals surface area (Å²) in [5.41, 5.74) is 1.09.